The number of halogens is 2. The van der Waals surface area contributed by atoms with Crippen LogP contribution in [0.2, 0.25) is 0 Å². The maximum Gasteiger partial charge on any atom is 0.280 e. The number of methoxy groups -OCH3 is 1. The largest absolute Gasteiger partial charge is 0.496 e. The molecule has 0 N–H and O–H groups in total. The topological polar surface area (TPSA) is 52.4 Å². The van der Waals surface area contributed by atoms with Crippen molar-refractivity contribution in [1.29, 1.82) is 0 Å². The molecule has 0 bridgehead atoms. The van der Waals surface area contributed by atoms with Crippen molar-refractivity contribution in [2.45, 2.75) is 0 Å². The van der Waals surface area contributed by atoms with Crippen LogP contribution in [-0.4, -0.2) is 12.0 Å². The van der Waals surface area contributed by atoms with Crippen molar-refractivity contribution in [3.8, 4) is 16.9 Å². The second-order valence-corrected chi connectivity index (χ2v) is 4.90. The van der Waals surface area contributed by atoms with Gasteiger partial charge in [-0.2, -0.15) is 0 Å². The molecule has 0 aliphatic rings. The summed E-state index contributed by atoms with van der Waals surface area (Å²) in [7, 11) is 1.53. The van der Waals surface area contributed by atoms with Gasteiger partial charge >= 0.3 is 0 Å². The first kappa shape index (κ1) is 13.7. The van der Waals surface area contributed by atoms with Crippen LogP contribution in [0.3, 0.4) is 0 Å². The number of benzene rings is 2. The number of hydrogen-bond acceptors (Lipinski definition) is 3. The zero-order valence-corrected chi connectivity index (χ0v) is 12.0. The smallest absolute Gasteiger partial charge is 0.280 e. The van der Waals surface area contributed by atoms with Crippen LogP contribution in [-0.2, 0) is 0 Å². The van der Waals surface area contributed by atoms with E-state index >= 15 is 0 Å². The number of nitro benzene ring substituents is 1. The lowest BCUT2D eigenvalue weighted by atomic mass is 10.0. The van der Waals surface area contributed by atoms with Crippen molar-refractivity contribution in [3.63, 3.8) is 0 Å². The standard InChI is InChI=1S/C13H9FINO3/c1-19-12-6-5-8(7-10(12)15)13-9(14)3-2-4-11(13)16(17)18/h2-7H,1H3. The highest BCUT2D eigenvalue weighted by atomic mass is 127. The van der Waals surface area contributed by atoms with Crippen molar-refractivity contribution < 1.29 is 14.1 Å². The lowest BCUT2D eigenvalue weighted by Crippen LogP contribution is -1.95. The molecular weight excluding hydrogens is 364 g/mol. The Labute approximate surface area is 122 Å². The number of hydrogen-bond donors (Lipinski definition) is 0. The van der Waals surface area contributed by atoms with Crippen LogP contribution >= 0.6 is 22.6 Å². The third kappa shape index (κ3) is 2.67. The molecule has 0 unspecified atom stereocenters. The number of rotatable bonds is 3. The highest BCUT2D eigenvalue weighted by Gasteiger charge is 2.20. The molecule has 0 heterocycles. The molecule has 0 saturated heterocycles. The van der Waals surface area contributed by atoms with Crippen LogP contribution in [0.25, 0.3) is 11.1 Å². The fourth-order valence-electron chi connectivity index (χ4n) is 1.77. The molecule has 19 heavy (non-hydrogen) atoms. The Hall–Kier alpha value is -1.70. The Kier molecular flexibility index (Phi) is 3.98. The van der Waals surface area contributed by atoms with Gasteiger partial charge in [-0.3, -0.25) is 10.1 Å². The van der Waals surface area contributed by atoms with Gasteiger partial charge in [0.1, 0.15) is 11.6 Å². The first-order valence-corrected chi connectivity index (χ1v) is 6.39. The minimum Gasteiger partial charge on any atom is -0.496 e. The zero-order valence-electron chi connectivity index (χ0n) is 9.89. The summed E-state index contributed by atoms with van der Waals surface area (Å²) in [5.41, 5.74) is 0.198. The summed E-state index contributed by atoms with van der Waals surface area (Å²) in [5.74, 6) is 0.0264. The third-order valence-electron chi connectivity index (χ3n) is 2.63. The maximum absolute atomic E-state index is 13.9. The average molecular weight is 373 g/mol. The molecule has 0 aliphatic heterocycles. The molecule has 0 aliphatic carbocycles. The van der Waals surface area contributed by atoms with E-state index in [4.69, 9.17) is 4.74 Å². The molecule has 2 aromatic rings. The van der Waals surface area contributed by atoms with E-state index in [0.717, 1.165) is 3.57 Å². The van der Waals surface area contributed by atoms with E-state index in [1.807, 2.05) is 22.6 Å². The van der Waals surface area contributed by atoms with Gasteiger partial charge in [0.2, 0.25) is 0 Å². The van der Waals surface area contributed by atoms with Gasteiger partial charge in [0, 0.05) is 6.07 Å². The zero-order chi connectivity index (χ0) is 14.0. The lowest BCUT2D eigenvalue weighted by Gasteiger charge is -2.08. The average Bonchev–Trinajstić information content (AvgIpc) is 2.38. The maximum atomic E-state index is 13.9. The van der Waals surface area contributed by atoms with E-state index in [1.54, 1.807) is 18.2 Å². The van der Waals surface area contributed by atoms with Gasteiger partial charge in [0.15, 0.2) is 0 Å². The quantitative estimate of drug-likeness (QED) is 0.464. The van der Waals surface area contributed by atoms with Gasteiger partial charge in [-0.25, -0.2) is 4.39 Å². The molecular formula is C13H9FINO3. The van der Waals surface area contributed by atoms with Crippen LogP contribution in [0.15, 0.2) is 36.4 Å². The van der Waals surface area contributed by atoms with Crippen molar-refractivity contribution in [3.05, 3.63) is 55.9 Å². The van der Waals surface area contributed by atoms with Crippen molar-refractivity contribution in [2.75, 3.05) is 7.11 Å². The van der Waals surface area contributed by atoms with E-state index in [1.165, 1.54) is 25.3 Å². The molecule has 0 atom stereocenters. The predicted octanol–water partition coefficient (Wildman–Crippen LogP) is 4.01. The van der Waals surface area contributed by atoms with Crippen molar-refractivity contribution >= 4 is 28.3 Å². The third-order valence-corrected chi connectivity index (χ3v) is 3.47. The second-order valence-electron chi connectivity index (χ2n) is 3.74. The van der Waals surface area contributed by atoms with E-state index < -0.39 is 10.7 Å². The van der Waals surface area contributed by atoms with Crippen LogP contribution in [0, 0.1) is 19.5 Å². The van der Waals surface area contributed by atoms with E-state index in [0.29, 0.717) is 11.3 Å². The van der Waals surface area contributed by atoms with E-state index in [2.05, 4.69) is 0 Å². The SMILES string of the molecule is COc1ccc(-c2c(F)cccc2[N+](=O)[O-])cc1I. The van der Waals surface area contributed by atoms with Gasteiger partial charge in [0.05, 0.1) is 21.2 Å². The van der Waals surface area contributed by atoms with Gasteiger partial charge in [-0.15, -0.1) is 0 Å². The summed E-state index contributed by atoms with van der Waals surface area (Å²) in [6.45, 7) is 0. The molecule has 98 valence electrons. The minimum atomic E-state index is -0.616. The molecule has 0 saturated carbocycles. The van der Waals surface area contributed by atoms with Gasteiger partial charge in [0.25, 0.3) is 5.69 Å². The molecule has 6 heteroatoms. The van der Waals surface area contributed by atoms with Gasteiger partial charge in [-0.1, -0.05) is 12.1 Å². The summed E-state index contributed by atoms with van der Waals surface area (Å²) < 4.78 is 19.7. The number of ether oxygens (including phenoxy) is 1. The lowest BCUT2D eigenvalue weighted by molar-refractivity contribution is -0.384. The summed E-state index contributed by atoms with van der Waals surface area (Å²) in [4.78, 5) is 10.4. The molecule has 0 radical (unpaired) electrons. The van der Waals surface area contributed by atoms with Crippen molar-refractivity contribution in [2.24, 2.45) is 0 Å². The first-order valence-electron chi connectivity index (χ1n) is 5.31. The normalized spacial score (nSPS) is 10.3. The Morgan fingerprint density at radius 3 is 2.63 bits per heavy atom. The summed E-state index contributed by atoms with van der Waals surface area (Å²) in [6, 6.07) is 8.74. The van der Waals surface area contributed by atoms with Crippen LogP contribution in [0.4, 0.5) is 10.1 Å². The molecule has 4 nitrogen and oxygen atoms in total. The molecule has 0 spiro atoms. The monoisotopic (exact) mass is 373 g/mol. The summed E-state index contributed by atoms with van der Waals surface area (Å²) in [5, 5.41) is 11.0. The van der Waals surface area contributed by atoms with E-state index in [-0.39, 0.29) is 11.3 Å². The molecule has 0 amide bonds. The summed E-state index contributed by atoms with van der Waals surface area (Å²) >= 11 is 2.04. The fourth-order valence-corrected chi connectivity index (χ4v) is 2.51. The Balaban J connectivity index is 2.65. The predicted molar refractivity (Wildman–Crippen MR) is 77.8 cm³/mol. The Morgan fingerprint density at radius 1 is 1.32 bits per heavy atom. The fraction of sp³-hybridized carbons (Fsp3) is 0.0769. The van der Waals surface area contributed by atoms with E-state index in [9.17, 15) is 14.5 Å². The van der Waals surface area contributed by atoms with Crippen LogP contribution < -0.4 is 4.74 Å². The molecule has 2 rings (SSSR count). The van der Waals surface area contributed by atoms with Gasteiger partial charge in [-0.05, 0) is 46.4 Å². The number of nitrogens with zero attached hydrogens (tertiary/aromatic N) is 1. The van der Waals surface area contributed by atoms with Crippen molar-refractivity contribution in [1.82, 2.24) is 0 Å². The van der Waals surface area contributed by atoms with Crippen LogP contribution in [0.5, 0.6) is 5.75 Å². The van der Waals surface area contributed by atoms with Gasteiger partial charge < -0.3 is 4.74 Å². The molecule has 2 aromatic carbocycles. The highest BCUT2D eigenvalue weighted by molar-refractivity contribution is 14.1. The minimum absolute atomic E-state index is 0.00642. The molecule has 0 fully saturated rings. The molecule has 0 aromatic heterocycles. The Bertz CT molecular complexity index is 646. The van der Waals surface area contributed by atoms with Crippen LogP contribution in [0.1, 0.15) is 0 Å². The number of nitro groups is 1. The Morgan fingerprint density at radius 2 is 2.05 bits per heavy atom. The highest BCUT2D eigenvalue weighted by Crippen LogP contribution is 2.35. The second kappa shape index (κ2) is 5.52. The summed E-state index contributed by atoms with van der Waals surface area (Å²) in [6.07, 6.45) is 0. The first-order chi connectivity index (χ1) is 9.04.